The second-order valence-corrected chi connectivity index (χ2v) is 7.25. The lowest BCUT2D eigenvalue weighted by Gasteiger charge is -2.12. The van der Waals surface area contributed by atoms with Gasteiger partial charge in [0.15, 0.2) is 5.11 Å². The molecule has 3 aromatic rings. The van der Waals surface area contributed by atoms with Crippen LogP contribution in [-0.2, 0) is 20.7 Å². The van der Waals surface area contributed by atoms with Crippen LogP contribution in [0.3, 0.4) is 0 Å². The number of esters is 1. The van der Waals surface area contributed by atoms with Gasteiger partial charge in [-0.05, 0) is 42.1 Å². The van der Waals surface area contributed by atoms with Gasteiger partial charge in [-0.3, -0.25) is 9.59 Å². The summed E-state index contributed by atoms with van der Waals surface area (Å²) in [6.07, 6.45) is 1.65. The number of aryl methyl sites for hydroxylation is 1. The Morgan fingerprint density at radius 2 is 1.60 bits per heavy atom. The molecule has 0 heterocycles. The van der Waals surface area contributed by atoms with Crippen LogP contribution in [0.2, 0.25) is 0 Å². The van der Waals surface area contributed by atoms with Crippen LogP contribution >= 0.6 is 12.2 Å². The van der Waals surface area contributed by atoms with Gasteiger partial charge >= 0.3 is 5.97 Å². The molecule has 3 rings (SSSR count). The summed E-state index contributed by atoms with van der Waals surface area (Å²) in [5.41, 5.74) is 2.02. The lowest BCUT2D eigenvalue weighted by atomic mass is 10.1. The molecule has 0 saturated heterocycles. The molecule has 5 nitrogen and oxygen atoms in total. The number of nitrogens with one attached hydrogen (secondary N) is 2. The second kappa shape index (κ2) is 11.1. The summed E-state index contributed by atoms with van der Waals surface area (Å²) >= 11 is 5.23. The van der Waals surface area contributed by atoms with E-state index in [0.717, 1.165) is 29.3 Å². The third-order valence-corrected chi connectivity index (χ3v) is 4.77. The first-order chi connectivity index (χ1) is 14.6. The Kier molecular flexibility index (Phi) is 7.92. The van der Waals surface area contributed by atoms with Gasteiger partial charge in [0.25, 0.3) is 0 Å². The minimum absolute atomic E-state index is 0.0219. The molecule has 0 atom stereocenters. The Bertz CT molecular complexity index is 1020. The van der Waals surface area contributed by atoms with E-state index in [0.29, 0.717) is 6.61 Å². The molecule has 0 spiro atoms. The average Bonchev–Trinajstić information content (AvgIpc) is 2.76. The number of hydrogen-bond donors (Lipinski definition) is 2. The third-order valence-electron chi connectivity index (χ3n) is 4.56. The zero-order valence-corrected chi connectivity index (χ0v) is 17.4. The Morgan fingerprint density at radius 1 is 0.867 bits per heavy atom. The fraction of sp³-hybridized carbons (Fsp3) is 0.208. The van der Waals surface area contributed by atoms with Gasteiger partial charge in [0.1, 0.15) is 0 Å². The van der Waals surface area contributed by atoms with E-state index in [1.807, 2.05) is 72.8 Å². The molecule has 6 heteroatoms. The van der Waals surface area contributed by atoms with Gasteiger partial charge in [-0.25, -0.2) is 0 Å². The van der Waals surface area contributed by atoms with Crippen molar-refractivity contribution in [3.63, 3.8) is 0 Å². The topological polar surface area (TPSA) is 67.4 Å². The number of thiocarbonyl (C=S) groups is 1. The highest BCUT2D eigenvalue weighted by Crippen LogP contribution is 2.22. The van der Waals surface area contributed by atoms with Crippen LogP contribution in [0.15, 0.2) is 72.8 Å². The standard InChI is InChI=1S/C24H24N2O3S/c27-22(15-16-23(28)29-17-7-10-18-8-2-1-3-9-18)26-24(30)25-21-14-6-12-19-11-4-5-13-20(19)21/h1-6,8-9,11-14H,7,10,15-17H2,(H2,25,26,27,30). The lowest BCUT2D eigenvalue weighted by Crippen LogP contribution is -2.34. The van der Waals surface area contributed by atoms with Crippen LogP contribution in [0.25, 0.3) is 10.8 Å². The van der Waals surface area contributed by atoms with Crippen LogP contribution in [-0.4, -0.2) is 23.6 Å². The van der Waals surface area contributed by atoms with Crippen LogP contribution < -0.4 is 10.6 Å². The van der Waals surface area contributed by atoms with Gasteiger partial charge in [0, 0.05) is 17.5 Å². The number of fused-ring (bicyclic) bond motifs is 1. The van der Waals surface area contributed by atoms with Gasteiger partial charge < -0.3 is 15.4 Å². The first-order valence-corrected chi connectivity index (χ1v) is 10.3. The third kappa shape index (κ3) is 6.67. The van der Waals surface area contributed by atoms with Crippen LogP contribution in [0.5, 0.6) is 0 Å². The Labute approximate surface area is 181 Å². The first kappa shape index (κ1) is 21.5. The van der Waals surface area contributed by atoms with E-state index in [9.17, 15) is 9.59 Å². The fourth-order valence-corrected chi connectivity index (χ4v) is 3.30. The van der Waals surface area contributed by atoms with Gasteiger partial charge in [-0.2, -0.15) is 0 Å². The monoisotopic (exact) mass is 420 g/mol. The van der Waals surface area contributed by atoms with E-state index < -0.39 is 0 Å². The zero-order valence-electron chi connectivity index (χ0n) is 16.6. The molecular weight excluding hydrogens is 396 g/mol. The molecule has 0 aliphatic rings. The summed E-state index contributed by atoms with van der Waals surface area (Å²) in [4.78, 5) is 23.9. The number of hydrogen-bond acceptors (Lipinski definition) is 4. The van der Waals surface area contributed by atoms with Crippen LogP contribution in [0.4, 0.5) is 5.69 Å². The molecule has 0 unspecified atom stereocenters. The minimum Gasteiger partial charge on any atom is -0.466 e. The predicted molar refractivity (Wildman–Crippen MR) is 123 cm³/mol. The summed E-state index contributed by atoms with van der Waals surface area (Å²) in [6.45, 7) is 0.344. The Balaban J connectivity index is 1.35. The van der Waals surface area contributed by atoms with Crippen molar-refractivity contribution in [2.24, 2.45) is 0 Å². The highest BCUT2D eigenvalue weighted by atomic mass is 32.1. The van der Waals surface area contributed by atoms with Crippen molar-refractivity contribution >= 4 is 45.7 Å². The maximum atomic E-state index is 12.1. The molecule has 0 aromatic heterocycles. The summed E-state index contributed by atoms with van der Waals surface area (Å²) in [7, 11) is 0. The van der Waals surface area contributed by atoms with Crippen molar-refractivity contribution in [3.05, 3.63) is 78.4 Å². The second-order valence-electron chi connectivity index (χ2n) is 6.84. The Hall–Kier alpha value is -3.25. The molecule has 0 radical (unpaired) electrons. The normalized spacial score (nSPS) is 10.4. The number of amides is 1. The summed E-state index contributed by atoms with van der Waals surface area (Å²) in [5.74, 6) is -0.708. The van der Waals surface area contributed by atoms with E-state index in [1.165, 1.54) is 5.56 Å². The van der Waals surface area contributed by atoms with Crippen molar-refractivity contribution in [3.8, 4) is 0 Å². The Morgan fingerprint density at radius 3 is 2.43 bits per heavy atom. The van der Waals surface area contributed by atoms with Crippen molar-refractivity contribution in [1.29, 1.82) is 0 Å². The van der Waals surface area contributed by atoms with E-state index in [-0.39, 0.29) is 29.8 Å². The minimum atomic E-state index is -0.383. The number of ether oxygens (including phenoxy) is 1. The largest absolute Gasteiger partial charge is 0.466 e. The molecule has 154 valence electrons. The van der Waals surface area contributed by atoms with Gasteiger partial charge in [-0.15, -0.1) is 0 Å². The summed E-state index contributed by atoms with van der Waals surface area (Å²) < 4.78 is 5.20. The first-order valence-electron chi connectivity index (χ1n) is 9.90. The molecular formula is C24H24N2O3S. The molecule has 0 aliphatic carbocycles. The fourth-order valence-electron chi connectivity index (χ4n) is 3.07. The van der Waals surface area contributed by atoms with Gasteiger partial charge in [0.2, 0.25) is 5.91 Å². The van der Waals surface area contributed by atoms with Crippen molar-refractivity contribution in [2.75, 3.05) is 11.9 Å². The van der Waals surface area contributed by atoms with Crippen molar-refractivity contribution < 1.29 is 14.3 Å². The number of carbonyl (C=O) groups excluding carboxylic acids is 2. The van der Waals surface area contributed by atoms with E-state index in [1.54, 1.807) is 0 Å². The van der Waals surface area contributed by atoms with Gasteiger partial charge in [-0.1, -0.05) is 66.7 Å². The summed E-state index contributed by atoms with van der Waals surface area (Å²) in [6, 6.07) is 23.8. The predicted octanol–water partition coefficient (Wildman–Crippen LogP) is 4.61. The quantitative estimate of drug-likeness (QED) is 0.316. The highest BCUT2D eigenvalue weighted by Gasteiger charge is 2.10. The molecule has 3 aromatic carbocycles. The molecule has 0 bridgehead atoms. The number of carbonyl (C=O) groups is 2. The molecule has 30 heavy (non-hydrogen) atoms. The zero-order chi connectivity index (χ0) is 21.2. The number of benzene rings is 3. The molecule has 0 saturated carbocycles. The van der Waals surface area contributed by atoms with Crippen LogP contribution in [0.1, 0.15) is 24.8 Å². The maximum absolute atomic E-state index is 12.1. The van der Waals surface area contributed by atoms with Crippen LogP contribution in [0, 0.1) is 0 Å². The number of anilines is 1. The molecule has 0 aliphatic heterocycles. The van der Waals surface area contributed by atoms with E-state index >= 15 is 0 Å². The van der Waals surface area contributed by atoms with Crippen molar-refractivity contribution in [2.45, 2.75) is 25.7 Å². The van der Waals surface area contributed by atoms with E-state index in [2.05, 4.69) is 10.6 Å². The SMILES string of the molecule is O=C(CCC(=O)OCCCc1ccccc1)NC(=S)Nc1cccc2ccccc12. The molecule has 2 N–H and O–H groups in total. The molecule has 0 fully saturated rings. The molecule has 1 amide bonds. The van der Waals surface area contributed by atoms with Gasteiger partial charge in [0.05, 0.1) is 13.0 Å². The van der Waals surface area contributed by atoms with E-state index in [4.69, 9.17) is 17.0 Å². The smallest absolute Gasteiger partial charge is 0.306 e. The average molecular weight is 421 g/mol. The number of rotatable bonds is 8. The highest BCUT2D eigenvalue weighted by molar-refractivity contribution is 7.80. The lowest BCUT2D eigenvalue weighted by molar-refractivity contribution is -0.145. The van der Waals surface area contributed by atoms with Crippen molar-refractivity contribution in [1.82, 2.24) is 5.32 Å². The maximum Gasteiger partial charge on any atom is 0.306 e. The summed E-state index contributed by atoms with van der Waals surface area (Å²) in [5, 5.41) is 7.94.